The summed E-state index contributed by atoms with van der Waals surface area (Å²) < 4.78 is 5.59. The number of ether oxygens (including phenoxy) is 1. The van der Waals surface area contributed by atoms with Crippen LogP contribution in [0.2, 0.25) is 0 Å². The van der Waals surface area contributed by atoms with Crippen LogP contribution in [0.15, 0.2) is 18.3 Å². The first-order chi connectivity index (χ1) is 7.74. The van der Waals surface area contributed by atoms with Gasteiger partial charge in [-0.3, -0.25) is 4.98 Å². The largest absolute Gasteiger partial charge is 0.493 e. The van der Waals surface area contributed by atoms with E-state index in [4.69, 9.17) is 22.7 Å². The molecule has 4 heteroatoms. The molecule has 0 saturated heterocycles. The molecule has 0 fully saturated rings. The second kappa shape index (κ2) is 7.17. The van der Waals surface area contributed by atoms with E-state index in [0.29, 0.717) is 10.7 Å². The fourth-order valence-electron chi connectivity index (χ4n) is 1.35. The molecule has 0 atom stereocenters. The lowest BCUT2D eigenvalue weighted by Crippen LogP contribution is -2.11. The topological polar surface area (TPSA) is 48.1 Å². The van der Waals surface area contributed by atoms with E-state index in [0.717, 1.165) is 18.8 Å². The molecule has 88 valence electrons. The summed E-state index contributed by atoms with van der Waals surface area (Å²) in [5, 5.41) is 0. The molecule has 0 aliphatic carbocycles. The predicted octanol–water partition coefficient (Wildman–Crippen LogP) is 2.67. The Labute approximate surface area is 102 Å². The first-order valence-electron chi connectivity index (χ1n) is 5.62. The van der Waals surface area contributed by atoms with Crippen molar-refractivity contribution >= 4 is 17.2 Å². The Morgan fingerprint density at radius 2 is 2.25 bits per heavy atom. The second-order valence-corrected chi connectivity index (χ2v) is 4.09. The summed E-state index contributed by atoms with van der Waals surface area (Å²) in [5.41, 5.74) is 6.10. The van der Waals surface area contributed by atoms with Crippen LogP contribution in [0.3, 0.4) is 0 Å². The van der Waals surface area contributed by atoms with Gasteiger partial charge in [0.05, 0.1) is 6.61 Å². The molecule has 0 aliphatic heterocycles. The van der Waals surface area contributed by atoms with E-state index >= 15 is 0 Å². The summed E-state index contributed by atoms with van der Waals surface area (Å²) >= 11 is 4.85. The summed E-state index contributed by atoms with van der Waals surface area (Å²) in [7, 11) is 0. The molecule has 1 heterocycles. The van der Waals surface area contributed by atoms with Gasteiger partial charge < -0.3 is 10.5 Å². The monoisotopic (exact) mass is 238 g/mol. The second-order valence-electron chi connectivity index (χ2n) is 3.65. The number of nitrogens with two attached hydrogens (primary N) is 1. The van der Waals surface area contributed by atoms with Gasteiger partial charge in [0, 0.05) is 12.3 Å². The fourth-order valence-corrected chi connectivity index (χ4v) is 1.47. The van der Waals surface area contributed by atoms with E-state index in [1.807, 2.05) is 6.07 Å². The fraction of sp³-hybridized carbons (Fsp3) is 0.500. The third-order valence-corrected chi connectivity index (χ3v) is 2.46. The van der Waals surface area contributed by atoms with Gasteiger partial charge in [-0.25, -0.2) is 0 Å². The van der Waals surface area contributed by atoms with E-state index in [9.17, 15) is 0 Å². The molecular weight excluding hydrogens is 220 g/mol. The molecule has 0 aliphatic rings. The van der Waals surface area contributed by atoms with Crippen molar-refractivity contribution in [1.82, 2.24) is 4.98 Å². The molecule has 0 saturated carbocycles. The van der Waals surface area contributed by atoms with Crippen LogP contribution >= 0.6 is 12.2 Å². The number of thiocarbonyl (C=S) groups is 1. The van der Waals surface area contributed by atoms with Crippen molar-refractivity contribution in [3.63, 3.8) is 0 Å². The number of hydrogen-bond acceptors (Lipinski definition) is 3. The molecule has 2 N–H and O–H groups in total. The Morgan fingerprint density at radius 1 is 1.44 bits per heavy atom. The Hall–Kier alpha value is -1.16. The number of pyridine rings is 1. The number of aromatic nitrogens is 1. The molecule has 0 bridgehead atoms. The lowest BCUT2D eigenvalue weighted by Gasteiger charge is -2.06. The van der Waals surface area contributed by atoms with Crippen LogP contribution in [-0.2, 0) is 0 Å². The van der Waals surface area contributed by atoms with Crippen molar-refractivity contribution in [1.29, 1.82) is 0 Å². The van der Waals surface area contributed by atoms with Gasteiger partial charge >= 0.3 is 0 Å². The number of unbranched alkanes of at least 4 members (excludes halogenated alkanes) is 3. The minimum atomic E-state index is 0.302. The van der Waals surface area contributed by atoms with Crippen LogP contribution < -0.4 is 10.5 Å². The molecule has 16 heavy (non-hydrogen) atoms. The van der Waals surface area contributed by atoms with Gasteiger partial charge in [0.15, 0.2) is 0 Å². The third-order valence-electron chi connectivity index (χ3n) is 2.25. The Bertz CT molecular complexity index is 342. The summed E-state index contributed by atoms with van der Waals surface area (Å²) in [6.07, 6.45) is 6.46. The highest BCUT2D eigenvalue weighted by molar-refractivity contribution is 7.80. The van der Waals surface area contributed by atoms with E-state index in [-0.39, 0.29) is 0 Å². The molecular formula is C12H18N2OS. The van der Waals surface area contributed by atoms with E-state index in [1.165, 1.54) is 19.3 Å². The smallest absolute Gasteiger partial charge is 0.123 e. The predicted molar refractivity (Wildman–Crippen MR) is 69.8 cm³/mol. The quantitative estimate of drug-likeness (QED) is 0.586. The van der Waals surface area contributed by atoms with E-state index in [2.05, 4.69) is 11.9 Å². The molecule has 1 aromatic heterocycles. The first kappa shape index (κ1) is 12.9. The molecule has 1 rings (SSSR count). The van der Waals surface area contributed by atoms with Crippen molar-refractivity contribution in [3.8, 4) is 5.75 Å². The molecule has 0 unspecified atom stereocenters. The Kier molecular flexibility index (Phi) is 5.78. The van der Waals surface area contributed by atoms with Gasteiger partial charge in [-0.15, -0.1) is 0 Å². The third kappa shape index (κ3) is 4.57. The van der Waals surface area contributed by atoms with Crippen LogP contribution in [0.5, 0.6) is 5.75 Å². The van der Waals surface area contributed by atoms with Gasteiger partial charge in [0.1, 0.15) is 16.4 Å². The SMILES string of the molecule is CCCCCCOc1ccnc(C(N)=S)c1. The standard InChI is InChI=1S/C12H18N2OS/c1-2-3-4-5-8-15-10-6-7-14-11(9-10)12(13)16/h6-7,9H,2-5,8H2,1H3,(H2,13,16). The van der Waals surface area contributed by atoms with Crippen LogP contribution in [0.25, 0.3) is 0 Å². The average Bonchev–Trinajstić information content (AvgIpc) is 2.29. The highest BCUT2D eigenvalue weighted by Crippen LogP contribution is 2.11. The zero-order valence-corrected chi connectivity index (χ0v) is 10.4. The first-order valence-corrected chi connectivity index (χ1v) is 6.03. The summed E-state index contributed by atoms with van der Waals surface area (Å²) in [5.74, 6) is 0.786. The van der Waals surface area contributed by atoms with Crippen molar-refractivity contribution in [2.75, 3.05) is 6.61 Å². The molecule has 0 spiro atoms. The van der Waals surface area contributed by atoms with Crippen molar-refractivity contribution in [3.05, 3.63) is 24.0 Å². The van der Waals surface area contributed by atoms with Gasteiger partial charge in [-0.1, -0.05) is 38.4 Å². The maximum Gasteiger partial charge on any atom is 0.123 e. The minimum absolute atomic E-state index is 0.302. The lowest BCUT2D eigenvalue weighted by atomic mass is 10.2. The molecule has 0 radical (unpaired) electrons. The molecule has 0 aromatic carbocycles. The lowest BCUT2D eigenvalue weighted by molar-refractivity contribution is 0.304. The number of nitrogens with zero attached hydrogens (tertiary/aromatic N) is 1. The average molecular weight is 238 g/mol. The van der Waals surface area contributed by atoms with Crippen molar-refractivity contribution in [2.24, 2.45) is 5.73 Å². The van der Waals surface area contributed by atoms with Crippen LogP contribution in [0.4, 0.5) is 0 Å². The highest BCUT2D eigenvalue weighted by atomic mass is 32.1. The number of hydrogen-bond donors (Lipinski definition) is 1. The summed E-state index contributed by atoms with van der Waals surface area (Å²) in [4.78, 5) is 4.35. The molecule has 3 nitrogen and oxygen atoms in total. The van der Waals surface area contributed by atoms with Crippen LogP contribution in [0, 0.1) is 0 Å². The maximum atomic E-state index is 5.59. The Morgan fingerprint density at radius 3 is 2.94 bits per heavy atom. The van der Waals surface area contributed by atoms with Gasteiger partial charge in [-0.05, 0) is 12.5 Å². The van der Waals surface area contributed by atoms with Crippen LogP contribution in [-0.4, -0.2) is 16.6 Å². The zero-order valence-electron chi connectivity index (χ0n) is 9.61. The van der Waals surface area contributed by atoms with Gasteiger partial charge in [0.2, 0.25) is 0 Å². The summed E-state index contributed by atoms with van der Waals surface area (Å²) in [6.45, 7) is 2.93. The van der Waals surface area contributed by atoms with Crippen molar-refractivity contribution in [2.45, 2.75) is 32.6 Å². The summed E-state index contributed by atoms with van der Waals surface area (Å²) in [6, 6.07) is 3.60. The van der Waals surface area contributed by atoms with Gasteiger partial charge in [0.25, 0.3) is 0 Å². The number of rotatable bonds is 7. The maximum absolute atomic E-state index is 5.59. The van der Waals surface area contributed by atoms with E-state index < -0.39 is 0 Å². The highest BCUT2D eigenvalue weighted by Gasteiger charge is 2.00. The normalized spacial score (nSPS) is 10.1. The zero-order chi connectivity index (χ0) is 11.8. The van der Waals surface area contributed by atoms with Crippen molar-refractivity contribution < 1.29 is 4.74 Å². The van der Waals surface area contributed by atoms with Crippen LogP contribution in [0.1, 0.15) is 38.3 Å². The van der Waals surface area contributed by atoms with E-state index in [1.54, 1.807) is 12.3 Å². The van der Waals surface area contributed by atoms with Gasteiger partial charge in [-0.2, -0.15) is 0 Å². The minimum Gasteiger partial charge on any atom is -0.493 e. The molecule has 0 amide bonds. The molecule has 1 aromatic rings. The Balaban J connectivity index is 2.36.